The lowest BCUT2D eigenvalue weighted by Gasteiger charge is -1.96. The van der Waals surface area contributed by atoms with Gasteiger partial charge in [-0.05, 0) is 23.7 Å². The third-order valence-electron chi connectivity index (χ3n) is 1.69. The maximum absolute atomic E-state index is 10.7. The van der Waals surface area contributed by atoms with E-state index < -0.39 is 5.24 Å². The maximum Gasteiger partial charge on any atom is 0.291 e. The maximum atomic E-state index is 10.7. The number of benzene rings is 1. The number of carbonyl (C=O) groups excluding carboxylic acids is 1. The molecule has 0 amide bonds. The first kappa shape index (κ1) is 8.90. The van der Waals surface area contributed by atoms with Crippen molar-refractivity contribution in [2.45, 2.75) is 0 Å². The average molecular weight is 208 g/mol. The number of aromatic nitrogens is 3. The standard InChI is InChI=1S/C9H6ClN3O/c10-8(14)9-11-6-13(12-9)7-4-2-1-3-5-7/h1-6H. The fourth-order valence-corrected chi connectivity index (χ4v) is 1.14. The van der Waals surface area contributed by atoms with Gasteiger partial charge in [0.25, 0.3) is 5.24 Å². The van der Waals surface area contributed by atoms with Gasteiger partial charge in [-0.2, -0.15) is 0 Å². The monoisotopic (exact) mass is 207 g/mol. The Kier molecular flexibility index (Phi) is 2.28. The average Bonchev–Trinajstić information content (AvgIpc) is 2.68. The van der Waals surface area contributed by atoms with Crippen LogP contribution in [0.2, 0.25) is 0 Å². The fourth-order valence-electron chi connectivity index (χ4n) is 1.06. The normalized spacial score (nSPS) is 10.1. The van der Waals surface area contributed by atoms with Crippen molar-refractivity contribution in [3.05, 3.63) is 42.5 Å². The Morgan fingerprint density at radius 2 is 2.00 bits per heavy atom. The molecule has 1 aromatic heterocycles. The van der Waals surface area contributed by atoms with Crippen LogP contribution >= 0.6 is 11.6 Å². The topological polar surface area (TPSA) is 47.8 Å². The molecule has 2 aromatic rings. The molecule has 0 aliphatic carbocycles. The van der Waals surface area contributed by atoms with E-state index in [9.17, 15) is 4.79 Å². The van der Waals surface area contributed by atoms with Crippen molar-refractivity contribution in [1.29, 1.82) is 0 Å². The molecule has 2 rings (SSSR count). The molecule has 0 aliphatic heterocycles. The zero-order valence-electron chi connectivity index (χ0n) is 7.09. The lowest BCUT2D eigenvalue weighted by molar-refractivity contribution is 0.107. The number of para-hydroxylation sites is 1. The Bertz CT molecular complexity index is 452. The lowest BCUT2D eigenvalue weighted by atomic mass is 10.3. The molecule has 1 aromatic carbocycles. The number of carbonyl (C=O) groups is 1. The van der Waals surface area contributed by atoms with Crippen LogP contribution in [0.15, 0.2) is 36.7 Å². The van der Waals surface area contributed by atoms with Crippen molar-refractivity contribution in [1.82, 2.24) is 14.8 Å². The Labute approximate surface area is 85.1 Å². The molecule has 0 saturated carbocycles. The summed E-state index contributed by atoms with van der Waals surface area (Å²) < 4.78 is 1.50. The molecule has 70 valence electrons. The van der Waals surface area contributed by atoms with Crippen LogP contribution in [0.4, 0.5) is 0 Å². The zero-order valence-corrected chi connectivity index (χ0v) is 7.85. The number of hydrogen-bond donors (Lipinski definition) is 0. The first-order valence-corrected chi connectivity index (χ1v) is 4.32. The van der Waals surface area contributed by atoms with Crippen molar-refractivity contribution in [2.75, 3.05) is 0 Å². The highest BCUT2D eigenvalue weighted by atomic mass is 35.5. The van der Waals surface area contributed by atoms with E-state index in [-0.39, 0.29) is 5.82 Å². The third kappa shape index (κ3) is 1.65. The minimum Gasteiger partial charge on any atom is -0.272 e. The van der Waals surface area contributed by atoms with Gasteiger partial charge in [0.05, 0.1) is 5.69 Å². The number of nitrogens with zero attached hydrogens (tertiary/aromatic N) is 3. The van der Waals surface area contributed by atoms with E-state index in [4.69, 9.17) is 11.6 Å². The van der Waals surface area contributed by atoms with Gasteiger partial charge in [0.15, 0.2) is 0 Å². The quantitative estimate of drug-likeness (QED) is 0.704. The number of halogens is 1. The van der Waals surface area contributed by atoms with E-state index >= 15 is 0 Å². The van der Waals surface area contributed by atoms with E-state index in [1.54, 1.807) is 0 Å². The molecular weight excluding hydrogens is 202 g/mol. The molecular formula is C9H6ClN3O. The van der Waals surface area contributed by atoms with Gasteiger partial charge in [-0.25, -0.2) is 9.67 Å². The molecule has 5 heteroatoms. The molecule has 0 fully saturated rings. The summed E-state index contributed by atoms with van der Waals surface area (Å²) in [7, 11) is 0. The van der Waals surface area contributed by atoms with E-state index in [0.29, 0.717) is 0 Å². The first-order chi connectivity index (χ1) is 6.77. The van der Waals surface area contributed by atoms with Gasteiger partial charge in [-0.1, -0.05) is 18.2 Å². The van der Waals surface area contributed by atoms with Gasteiger partial charge in [0.2, 0.25) is 5.82 Å². The summed E-state index contributed by atoms with van der Waals surface area (Å²) in [4.78, 5) is 14.5. The minimum atomic E-state index is -0.653. The van der Waals surface area contributed by atoms with Crippen LogP contribution in [-0.4, -0.2) is 20.0 Å². The Balaban J connectivity index is 2.39. The molecule has 14 heavy (non-hydrogen) atoms. The van der Waals surface area contributed by atoms with Crippen molar-refractivity contribution in [3.63, 3.8) is 0 Å². The van der Waals surface area contributed by atoms with E-state index in [1.807, 2.05) is 30.3 Å². The second-order valence-corrected chi connectivity index (χ2v) is 2.97. The van der Waals surface area contributed by atoms with Crippen LogP contribution in [-0.2, 0) is 0 Å². The Hall–Kier alpha value is -1.68. The second kappa shape index (κ2) is 3.59. The van der Waals surface area contributed by atoms with Gasteiger partial charge in [-0.15, -0.1) is 5.10 Å². The first-order valence-electron chi connectivity index (χ1n) is 3.94. The van der Waals surface area contributed by atoms with E-state index in [1.165, 1.54) is 11.0 Å². The highest BCUT2D eigenvalue weighted by Gasteiger charge is 2.07. The molecule has 0 saturated heterocycles. The van der Waals surface area contributed by atoms with Gasteiger partial charge < -0.3 is 0 Å². The molecule has 0 atom stereocenters. The van der Waals surface area contributed by atoms with Crippen LogP contribution in [0.3, 0.4) is 0 Å². The molecule has 0 radical (unpaired) electrons. The SMILES string of the molecule is O=C(Cl)c1ncn(-c2ccccc2)n1. The second-order valence-electron chi connectivity index (χ2n) is 2.62. The summed E-state index contributed by atoms with van der Waals surface area (Å²) in [6, 6.07) is 9.36. The number of hydrogen-bond acceptors (Lipinski definition) is 3. The molecule has 0 N–H and O–H groups in total. The molecule has 0 aliphatic rings. The van der Waals surface area contributed by atoms with Crippen molar-refractivity contribution in [3.8, 4) is 5.69 Å². The fraction of sp³-hybridized carbons (Fsp3) is 0. The van der Waals surface area contributed by atoms with Crippen LogP contribution in [0.5, 0.6) is 0 Å². The predicted molar refractivity (Wildman–Crippen MR) is 51.5 cm³/mol. The molecule has 1 heterocycles. The predicted octanol–water partition coefficient (Wildman–Crippen LogP) is 1.65. The highest BCUT2D eigenvalue weighted by molar-refractivity contribution is 6.67. The molecule has 4 nitrogen and oxygen atoms in total. The lowest BCUT2D eigenvalue weighted by Crippen LogP contribution is -1.97. The molecule has 0 spiro atoms. The van der Waals surface area contributed by atoms with Gasteiger partial charge in [0.1, 0.15) is 6.33 Å². The Morgan fingerprint density at radius 1 is 1.29 bits per heavy atom. The van der Waals surface area contributed by atoms with Crippen LogP contribution < -0.4 is 0 Å². The highest BCUT2D eigenvalue weighted by Crippen LogP contribution is 2.05. The Morgan fingerprint density at radius 3 is 2.57 bits per heavy atom. The summed E-state index contributed by atoms with van der Waals surface area (Å²) >= 11 is 5.23. The summed E-state index contributed by atoms with van der Waals surface area (Å²) in [5.74, 6) is 0.00974. The van der Waals surface area contributed by atoms with Gasteiger partial charge >= 0.3 is 0 Å². The number of rotatable bonds is 2. The zero-order chi connectivity index (χ0) is 9.97. The van der Waals surface area contributed by atoms with Crippen molar-refractivity contribution in [2.24, 2.45) is 0 Å². The van der Waals surface area contributed by atoms with Crippen molar-refractivity contribution >= 4 is 16.8 Å². The van der Waals surface area contributed by atoms with Crippen LogP contribution in [0, 0.1) is 0 Å². The van der Waals surface area contributed by atoms with Crippen LogP contribution in [0.25, 0.3) is 5.69 Å². The smallest absolute Gasteiger partial charge is 0.272 e. The summed E-state index contributed by atoms with van der Waals surface area (Å²) in [5.41, 5.74) is 0.837. The minimum absolute atomic E-state index is 0.00974. The van der Waals surface area contributed by atoms with Gasteiger partial charge in [0, 0.05) is 0 Å². The largest absolute Gasteiger partial charge is 0.291 e. The van der Waals surface area contributed by atoms with E-state index in [2.05, 4.69) is 10.1 Å². The van der Waals surface area contributed by atoms with E-state index in [0.717, 1.165) is 5.69 Å². The summed E-state index contributed by atoms with van der Waals surface area (Å²) in [6.45, 7) is 0. The van der Waals surface area contributed by atoms with Gasteiger partial charge in [-0.3, -0.25) is 4.79 Å². The summed E-state index contributed by atoms with van der Waals surface area (Å²) in [6.07, 6.45) is 1.45. The summed E-state index contributed by atoms with van der Waals surface area (Å²) in [5, 5.41) is 3.25. The third-order valence-corrected chi connectivity index (χ3v) is 1.86. The molecule has 0 bridgehead atoms. The van der Waals surface area contributed by atoms with Crippen molar-refractivity contribution < 1.29 is 4.79 Å². The molecule has 0 unspecified atom stereocenters. The van der Waals surface area contributed by atoms with Crippen LogP contribution in [0.1, 0.15) is 10.6 Å².